The van der Waals surface area contributed by atoms with E-state index in [1.807, 2.05) is 60.1 Å². The third kappa shape index (κ3) is 4.54. The number of aryl methyl sites for hydroxylation is 1. The number of nitrogens with zero attached hydrogens (tertiary/aromatic N) is 2. The van der Waals surface area contributed by atoms with Crippen LogP contribution in [-0.2, 0) is 7.05 Å². The topological polar surface area (TPSA) is 68.2 Å². The smallest absolute Gasteiger partial charge is 0.319 e. The van der Waals surface area contributed by atoms with Crippen LogP contribution in [0.3, 0.4) is 0 Å². The third-order valence-electron chi connectivity index (χ3n) is 4.40. The number of fused-ring (bicyclic) bond motifs is 1. The Morgan fingerprint density at radius 2 is 1.96 bits per heavy atom. The molecule has 0 aliphatic rings. The highest BCUT2D eigenvalue weighted by Crippen LogP contribution is 2.23. The van der Waals surface area contributed by atoms with Crippen molar-refractivity contribution in [3.63, 3.8) is 0 Å². The molecule has 3 aromatic rings. The van der Waals surface area contributed by atoms with Gasteiger partial charge in [-0.25, -0.2) is 9.78 Å². The molecule has 0 aliphatic carbocycles. The lowest BCUT2D eigenvalue weighted by Gasteiger charge is -2.19. The molecule has 0 spiro atoms. The van der Waals surface area contributed by atoms with Gasteiger partial charge < -0.3 is 19.9 Å². The maximum absolute atomic E-state index is 12.5. The molecular weight excluding hydrogens is 360 g/mol. The number of carbonyl (C=O) groups excluding carboxylic acids is 1. The van der Waals surface area contributed by atoms with E-state index in [1.54, 1.807) is 18.9 Å². The zero-order valence-corrected chi connectivity index (χ0v) is 16.5. The molecule has 2 amide bonds. The molecule has 0 bridgehead atoms. The first kappa shape index (κ1) is 19.1. The summed E-state index contributed by atoms with van der Waals surface area (Å²) in [6, 6.07) is 14.8. The van der Waals surface area contributed by atoms with Crippen LogP contribution in [-0.4, -0.2) is 34.7 Å². The number of anilines is 1. The first-order valence-electron chi connectivity index (χ1n) is 8.74. The van der Waals surface area contributed by atoms with E-state index in [0.717, 1.165) is 34.8 Å². The Balaban J connectivity index is 1.77. The Bertz CT molecular complexity index is 908. The number of rotatable bonds is 7. The standard InChI is InChI=1S/C20H24N4O2S/c1-24-18-7-5-4-6-16(18)22-19(24)17(12-13-27-3)23-20(25)21-14-8-10-15(26-2)11-9-14/h4-11,17H,12-13H2,1-3H3,(H2,21,23,25). The number of methoxy groups -OCH3 is 1. The fourth-order valence-electron chi connectivity index (χ4n) is 2.98. The van der Waals surface area contributed by atoms with E-state index < -0.39 is 0 Å². The fraction of sp³-hybridized carbons (Fsp3) is 0.300. The van der Waals surface area contributed by atoms with E-state index in [1.165, 1.54) is 0 Å². The minimum atomic E-state index is -0.252. The van der Waals surface area contributed by atoms with Crippen molar-refractivity contribution in [1.29, 1.82) is 0 Å². The first-order valence-corrected chi connectivity index (χ1v) is 10.1. The molecular formula is C20H24N4O2S. The molecule has 1 heterocycles. The van der Waals surface area contributed by atoms with Gasteiger partial charge in [0, 0.05) is 12.7 Å². The molecule has 6 nitrogen and oxygen atoms in total. The Morgan fingerprint density at radius 1 is 1.22 bits per heavy atom. The van der Waals surface area contributed by atoms with E-state index in [9.17, 15) is 4.79 Å². The van der Waals surface area contributed by atoms with Gasteiger partial charge >= 0.3 is 6.03 Å². The van der Waals surface area contributed by atoms with Crippen LogP contribution in [0.1, 0.15) is 18.3 Å². The summed E-state index contributed by atoms with van der Waals surface area (Å²) in [5.74, 6) is 2.53. The van der Waals surface area contributed by atoms with E-state index >= 15 is 0 Å². The second kappa shape index (κ2) is 8.81. The van der Waals surface area contributed by atoms with Crippen LogP contribution in [0.15, 0.2) is 48.5 Å². The van der Waals surface area contributed by atoms with Gasteiger partial charge in [0.25, 0.3) is 0 Å². The highest BCUT2D eigenvalue weighted by molar-refractivity contribution is 7.98. The van der Waals surface area contributed by atoms with Crippen molar-refractivity contribution in [2.45, 2.75) is 12.5 Å². The molecule has 7 heteroatoms. The quantitative estimate of drug-likeness (QED) is 0.641. The molecule has 3 rings (SSSR count). The van der Waals surface area contributed by atoms with Gasteiger partial charge in [-0.2, -0.15) is 11.8 Å². The first-order chi connectivity index (χ1) is 13.1. The van der Waals surface area contributed by atoms with Crippen molar-refractivity contribution in [3.05, 3.63) is 54.4 Å². The van der Waals surface area contributed by atoms with E-state index in [2.05, 4.69) is 16.9 Å². The van der Waals surface area contributed by atoms with E-state index in [0.29, 0.717) is 5.69 Å². The van der Waals surface area contributed by atoms with Crippen LogP contribution in [0.4, 0.5) is 10.5 Å². The molecule has 0 aliphatic heterocycles. The monoisotopic (exact) mass is 384 g/mol. The number of aromatic nitrogens is 2. The predicted molar refractivity (Wildman–Crippen MR) is 112 cm³/mol. The van der Waals surface area contributed by atoms with Gasteiger partial charge in [-0.3, -0.25) is 0 Å². The second-order valence-electron chi connectivity index (χ2n) is 6.18. The summed E-state index contributed by atoms with van der Waals surface area (Å²) in [4.78, 5) is 17.3. The van der Waals surface area contributed by atoms with Gasteiger partial charge in [-0.1, -0.05) is 12.1 Å². The summed E-state index contributed by atoms with van der Waals surface area (Å²) in [7, 11) is 3.60. The van der Waals surface area contributed by atoms with Gasteiger partial charge in [-0.15, -0.1) is 0 Å². The summed E-state index contributed by atoms with van der Waals surface area (Å²) in [6.45, 7) is 0. The van der Waals surface area contributed by atoms with Crippen LogP contribution in [0.5, 0.6) is 5.75 Å². The van der Waals surface area contributed by atoms with Crippen molar-refractivity contribution < 1.29 is 9.53 Å². The van der Waals surface area contributed by atoms with Crippen LogP contribution in [0.25, 0.3) is 11.0 Å². The van der Waals surface area contributed by atoms with Crippen molar-refractivity contribution in [2.24, 2.45) is 7.05 Å². The number of hydrogen-bond acceptors (Lipinski definition) is 4. The van der Waals surface area contributed by atoms with Gasteiger partial charge in [0.2, 0.25) is 0 Å². The number of urea groups is 1. The number of ether oxygens (including phenoxy) is 1. The van der Waals surface area contributed by atoms with Crippen LogP contribution >= 0.6 is 11.8 Å². The Morgan fingerprint density at radius 3 is 2.63 bits per heavy atom. The van der Waals surface area contributed by atoms with Crippen LogP contribution < -0.4 is 15.4 Å². The molecule has 0 fully saturated rings. The SMILES string of the molecule is COc1ccc(NC(=O)NC(CCSC)c2nc3ccccc3n2C)cc1. The van der Waals surface area contributed by atoms with Gasteiger partial charge in [0.05, 0.1) is 24.2 Å². The number of imidazole rings is 1. The van der Waals surface area contributed by atoms with E-state index in [-0.39, 0.29) is 12.1 Å². The second-order valence-corrected chi connectivity index (χ2v) is 7.16. The minimum Gasteiger partial charge on any atom is -0.497 e. The van der Waals surface area contributed by atoms with Gasteiger partial charge in [0.1, 0.15) is 11.6 Å². The van der Waals surface area contributed by atoms with Crippen LogP contribution in [0.2, 0.25) is 0 Å². The Hall–Kier alpha value is -2.67. The normalized spacial score (nSPS) is 12.0. The summed E-state index contributed by atoms with van der Waals surface area (Å²) in [5, 5.41) is 5.94. The Kier molecular flexibility index (Phi) is 6.24. The zero-order valence-electron chi connectivity index (χ0n) is 15.7. The summed E-state index contributed by atoms with van der Waals surface area (Å²) >= 11 is 1.75. The summed E-state index contributed by atoms with van der Waals surface area (Å²) < 4.78 is 7.19. The molecule has 1 atom stereocenters. The maximum Gasteiger partial charge on any atom is 0.319 e. The highest BCUT2D eigenvalue weighted by Gasteiger charge is 2.20. The van der Waals surface area contributed by atoms with Crippen molar-refractivity contribution in [3.8, 4) is 5.75 Å². The van der Waals surface area contributed by atoms with Gasteiger partial charge in [-0.05, 0) is 54.8 Å². The van der Waals surface area contributed by atoms with Crippen molar-refractivity contribution in [2.75, 3.05) is 24.4 Å². The molecule has 1 aromatic heterocycles. The average molecular weight is 385 g/mol. The number of nitrogens with one attached hydrogen (secondary N) is 2. The molecule has 2 N–H and O–H groups in total. The largest absolute Gasteiger partial charge is 0.497 e. The number of hydrogen-bond donors (Lipinski definition) is 2. The molecule has 2 aromatic carbocycles. The number of benzene rings is 2. The van der Waals surface area contributed by atoms with Crippen molar-refractivity contribution in [1.82, 2.24) is 14.9 Å². The zero-order chi connectivity index (χ0) is 19.2. The molecule has 0 saturated carbocycles. The van der Waals surface area contributed by atoms with Crippen molar-refractivity contribution >= 4 is 34.5 Å². The lowest BCUT2D eigenvalue weighted by atomic mass is 10.2. The lowest BCUT2D eigenvalue weighted by Crippen LogP contribution is -2.34. The molecule has 1 unspecified atom stereocenters. The summed E-state index contributed by atoms with van der Waals surface area (Å²) in [6.07, 6.45) is 2.86. The lowest BCUT2D eigenvalue weighted by molar-refractivity contribution is 0.247. The molecule has 0 radical (unpaired) electrons. The van der Waals surface area contributed by atoms with Crippen LogP contribution in [0, 0.1) is 0 Å². The van der Waals surface area contributed by atoms with E-state index in [4.69, 9.17) is 9.72 Å². The predicted octanol–water partition coefficient (Wildman–Crippen LogP) is 4.20. The fourth-order valence-corrected chi connectivity index (χ4v) is 3.45. The summed E-state index contributed by atoms with van der Waals surface area (Å²) in [5.41, 5.74) is 2.70. The average Bonchev–Trinajstić information content (AvgIpc) is 3.02. The minimum absolute atomic E-state index is 0.173. The van der Waals surface area contributed by atoms with Gasteiger partial charge in [0.15, 0.2) is 0 Å². The highest BCUT2D eigenvalue weighted by atomic mass is 32.2. The number of para-hydroxylation sites is 2. The number of carbonyl (C=O) groups is 1. The molecule has 0 saturated heterocycles. The third-order valence-corrected chi connectivity index (χ3v) is 5.04. The Labute approximate surface area is 163 Å². The molecule has 27 heavy (non-hydrogen) atoms. The number of amides is 2. The maximum atomic E-state index is 12.5. The molecule has 142 valence electrons. The number of thioether (sulfide) groups is 1.